The van der Waals surface area contributed by atoms with E-state index in [2.05, 4.69) is 15.2 Å². The van der Waals surface area contributed by atoms with Gasteiger partial charge < -0.3 is 14.6 Å². The summed E-state index contributed by atoms with van der Waals surface area (Å²) < 4.78 is 11.9. The largest absolute Gasteiger partial charge is 0.507 e. The minimum atomic E-state index is -0.933. The van der Waals surface area contributed by atoms with Crippen molar-refractivity contribution in [3.63, 3.8) is 0 Å². The Morgan fingerprint density at radius 2 is 1.84 bits per heavy atom. The highest BCUT2D eigenvalue weighted by Gasteiger charge is 2.48. The molecule has 2 aromatic heterocycles. The van der Waals surface area contributed by atoms with Gasteiger partial charge in [-0.05, 0) is 35.4 Å². The number of hydrogen-bond donors (Lipinski definition) is 1. The van der Waals surface area contributed by atoms with Gasteiger partial charge in [0.1, 0.15) is 19.0 Å². The first-order valence-corrected chi connectivity index (χ1v) is 13.5. The number of hydrogen-bond acceptors (Lipinski definition) is 10. The summed E-state index contributed by atoms with van der Waals surface area (Å²) in [5, 5.41) is 20.1. The lowest BCUT2D eigenvalue weighted by atomic mass is 9.96. The van der Waals surface area contributed by atoms with E-state index in [0.717, 1.165) is 5.56 Å². The molecule has 0 saturated carbocycles. The average molecular weight is 545 g/mol. The summed E-state index contributed by atoms with van der Waals surface area (Å²) in [6.45, 7) is 0.802. The number of benzene rings is 2. The van der Waals surface area contributed by atoms with Crippen molar-refractivity contribution >= 4 is 45.7 Å². The quantitative estimate of drug-likeness (QED) is 0.122. The van der Waals surface area contributed by atoms with Crippen LogP contribution in [0.1, 0.15) is 22.7 Å². The van der Waals surface area contributed by atoms with Gasteiger partial charge in [0.05, 0.1) is 11.6 Å². The van der Waals surface area contributed by atoms with E-state index < -0.39 is 17.7 Å². The van der Waals surface area contributed by atoms with E-state index in [4.69, 9.17) is 9.47 Å². The van der Waals surface area contributed by atoms with E-state index >= 15 is 0 Å². The molecule has 38 heavy (non-hydrogen) atoms. The topological polar surface area (TPSA) is 115 Å². The number of aliphatic hydroxyl groups is 1. The Labute approximate surface area is 225 Å². The van der Waals surface area contributed by atoms with Crippen molar-refractivity contribution in [2.24, 2.45) is 0 Å². The molecule has 2 aliphatic rings. The number of anilines is 1. The van der Waals surface area contributed by atoms with Crippen molar-refractivity contribution in [1.29, 1.82) is 0 Å². The zero-order chi connectivity index (χ0) is 26.1. The molecule has 0 spiro atoms. The van der Waals surface area contributed by atoms with Gasteiger partial charge in [-0.3, -0.25) is 19.5 Å². The number of nitrogens with zero attached hydrogens (tertiary/aromatic N) is 4. The standard InChI is InChI=1S/C27H20N4O5S2/c32-23(17-8-9-19-20(13-17)36-12-11-35-19)21-22(18-7-4-10-28-14-18)31(25(34)24(21)33)26-29-30-27(38-26)37-15-16-5-2-1-3-6-16/h1-10,13-14,22,32H,11-12,15H2. The number of thioether (sulfide) groups is 1. The lowest BCUT2D eigenvalue weighted by Crippen LogP contribution is -2.29. The summed E-state index contributed by atoms with van der Waals surface area (Å²) in [5.41, 5.74) is 1.95. The number of Topliss-reactive ketones (excluding diaryl/α,β-unsaturated/α-hetero) is 1. The van der Waals surface area contributed by atoms with Gasteiger partial charge in [0.2, 0.25) is 5.13 Å². The molecular weight excluding hydrogens is 524 g/mol. The van der Waals surface area contributed by atoms with Crippen LogP contribution in [0.5, 0.6) is 11.5 Å². The average Bonchev–Trinajstić information content (AvgIpc) is 3.54. The third kappa shape index (κ3) is 4.50. The van der Waals surface area contributed by atoms with Gasteiger partial charge in [0.15, 0.2) is 15.8 Å². The second-order valence-corrected chi connectivity index (χ2v) is 10.6. The Hall–Kier alpha value is -4.22. The van der Waals surface area contributed by atoms with Gasteiger partial charge in [-0.25, -0.2) is 0 Å². The summed E-state index contributed by atoms with van der Waals surface area (Å²) in [6, 6.07) is 17.4. The lowest BCUT2D eigenvalue weighted by Gasteiger charge is -2.22. The maximum absolute atomic E-state index is 13.4. The second-order valence-electron chi connectivity index (χ2n) is 8.44. The molecule has 11 heteroatoms. The summed E-state index contributed by atoms with van der Waals surface area (Å²) in [5.74, 6) is -0.249. The number of fused-ring (bicyclic) bond motifs is 1. The molecule has 1 amide bonds. The number of rotatable bonds is 6. The predicted octanol–water partition coefficient (Wildman–Crippen LogP) is 4.62. The molecule has 9 nitrogen and oxygen atoms in total. The van der Waals surface area contributed by atoms with Gasteiger partial charge in [-0.1, -0.05) is 59.5 Å². The zero-order valence-corrected chi connectivity index (χ0v) is 21.4. The molecule has 6 rings (SSSR count). The number of amides is 1. The molecule has 1 saturated heterocycles. The van der Waals surface area contributed by atoms with Crippen LogP contribution in [0.4, 0.5) is 5.13 Å². The van der Waals surface area contributed by atoms with Crippen molar-refractivity contribution in [1.82, 2.24) is 15.2 Å². The van der Waals surface area contributed by atoms with Crippen LogP contribution in [0.3, 0.4) is 0 Å². The van der Waals surface area contributed by atoms with Crippen LogP contribution >= 0.6 is 23.1 Å². The molecule has 2 aromatic carbocycles. The van der Waals surface area contributed by atoms with Gasteiger partial charge >= 0.3 is 5.91 Å². The lowest BCUT2D eigenvalue weighted by molar-refractivity contribution is -0.132. The Kier molecular flexibility index (Phi) is 6.52. The van der Waals surface area contributed by atoms with E-state index in [-0.39, 0.29) is 16.5 Å². The molecule has 1 fully saturated rings. The maximum Gasteiger partial charge on any atom is 0.301 e. The molecule has 1 unspecified atom stereocenters. The summed E-state index contributed by atoms with van der Waals surface area (Å²) in [6.07, 6.45) is 3.16. The molecule has 4 heterocycles. The van der Waals surface area contributed by atoms with Gasteiger partial charge in [-0.2, -0.15) is 0 Å². The van der Waals surface area contributed by atoms with Crippen LogP contribution in [0.2, 0.25) is 0 Å². The minimum absolute atomic E-state index is 0.0617. The van der Waals surface area contributed by atoms with Crippen molar-refractivity contribution < 1.29 is 24.2 Å². The number of aromatic nitrogens is 3. The van der Waals surface area contributed by atoms with Crippen molar-refractivity contribution in [3.05, 3.63) is 95.3 Å². The second kappa shape index (κ2) is 10.3. The van der Waals surface area contributed by atoms with Crippen LogP contribution in [0.15, 0.2) is 83.0 Å². The van der Waals surface area contributed by atoms with E-state index in [0.29, 0.717) is 45.9 Å². The predicted molar refractivity (Wildman–Crippen MR) is 142 cm³/mol. The number of ether oxygens (including phenoxy) is 2. The van der Waals surface area contributed by atoms with Gasteiger partial charge in [0.25, 0.3) is 5.78 Å². The Morgan fingerprint density at radius 3 is 2.63 bits per heavy atom. The highest BCUT2D eigenvalue weighted by Crippen LogP contribution is 2.44. The Bertz CT molecular complexity index is 1540. The molecular formula is C27H20N4O5S2. The smallest absolute Gasteiger partial charge is 0.301 e. The fraction of sp³-hybridized carbons (Fsp3) is 0.148. The SMILES string of the molecule is O=C1C(=O)N(c2nnc(SCc3ccccc3)s2)C(c2cccnc2)C1=C(O)c1ccc2c(c1)OCCO2. The summed E-state index contributed by atoms with van der Waals surface area (Å²) in [4.78, 5) is 32.2. The molecule has 1 atom stereocenters. The fourth-order valence-electron chi connectivity index (χ4n) is 4.31. The van der Waals surface area contributed by atoms with Crippen LogP contribution in [-0.2, 0) is 15.3 Å². The number of pyridine rings is 1. The number of ketones is 1. The van der Waals surface area contributed by atoms with Crippen molar-refractivity contribution in [2.45, 2.75) is 16.1 Å². The van der Waals surface area contributed by atoms with Crippen molar-refractivity contribution in [3.8, 4) is 11.5 Å². The van der Waals surface area contributed by atoms with E-state index in [9.17, 15) is 14.7 Å². The van der Waals surface area contributed by atoms with Crippen LogP contribution in [-0.4, -0.2) is 45.2 Å². The van der Waals surface area contributed by atoms with Gasteiger partial charge in [0, 0.05) is 23.7 Å². The van der Waals surface area contributed by atoms with Gasteiger partial charge in [-0.15, -0.1) is 10.2 Å². The molecule has 2 aliphatic heterocycles. The molecule has 1 N–H and O–H groups in total. The normalized spacial score (nSPS) is 18.1. The first-order chi connectivity index (χ1) is 18.6. The number of carbonyl (C=O) groups excluding carboxylic acids is 2. The van der Waals surface area contributed by atoms with Crippen LogP contribution in [0, 0.1) is 0 Å². The third-order valence-electron chi connectivity index (χ3n) is 6.07. The number of carbonyl (C=O) groups is 2. The summed E-state index contributed by atoms with van der Waals surface area (Å²) in [7, 11) is 0. The Balaban J connectivity index is 1.38. The fourth-order valence-corrected chi connectivity index (χ4v) is 6.13. The monoisotopic (exact) mass is 544 g/mol. The van der Waals surface area contributed by atoms with E-state index in [1.165, 1.54) is 28.0 Å². The highest BCUT2D eigenvalue weighted by atomic mass is 32.2. The molecule has 0 aliphatic carbocycles. The van der Waals surface area contributed by atoms with Crippen LogP contribution in [0.25, 0.3) is 5.76 Å². The van der Waals surface area contributed by atoms with Crippen molar-refractivity contribution in [2.75, 3.05) is 18.1 Å². The van der Waals surface area contributed by atoms with E-state index in [1.54, 1.807) is 42.7 Å². The highest BCUT2D eigenvalue weighted by molar-refractivity contribution is 8.00. The minimum Gasteiger partial charge on any atom is -0.507 e. The maximum atomic E-state index is 13.4. The molecule has 4 aromatic rings. The van der Waals surface area contributed by atoms with E-state index in [1.807, 2.05) is 30.3 Å². The third-order valence-corrected chi connectivity index (χ3v) is 8.19. The Morgan fingerprint density at radius 1 is 1.03 bits per heavy atom. The zero-order valence-electron chi connectivity index (χ0n) is 19.8. The molecule has 0 bridgehead atoms. The molecule has 190 valence electrons. The van der Waals surface area contributed by atoms with Crippen LogP contribution < -0.4 is 14.4 Å². The first kappa shape index (κ1) is 24.1. The number of aliphatic hydroxyl groups excluding tert-OH is 1. The molecule has 0 radical (unpaired) electrons. The first-order valence-electron chi connectivity index (χ1n) is 11.7. The summed E-state index contributed by atoms with van der Waals surface area (Å²) >= 11 is 2.71.